The highest BCUT2D eigenvalue weighted by Gasteiger charge is 2.56. The first-order valence-corrected chi connectivity index (χ1v) is 6.65. The Morgan fingerprint density at radius 1 is 0.857 bits per heavy atom. The fraction of sp³-hybridized carbons (Fsp3) is 0.438. The van der Waals surface area contributed by atoms with Crippen molar-refractivity contribution in [3.63, 3.8) is 0 Å². The SMILES string of the molecule is C=CC=C1CC(=CC=C)C(CO)(CO)C(=O)C1(CO)CO. The van der Waals surface area contributed by atoms with Crippen molar-refractivity contribution in [2.75, 3.05) is 26.4 Å². The van der Waals surface area contributed by atoms with Crippen molar-refractivity contribution in [3.8, 4) is 0 Å². The molecule has 1 aliphatic carbocycles. The normalized spacial score (nSPS) is 24.3. The van der Waals surface area contributed by atoms with Gasteiger partial charge in [-0.05, 0) is 17.6 Å². The molecular weight excluding hydrogens is 272 g/mol. The van der Waals surface area contributed by atoms with E-state index in [1.807, 2.05) is 0 Å². The monoisotopic (exact) mass is 294 g/mol. The molecule has 0 heterocycles. The number of ketones is 1. The van der Waals surface area contributed by atoms with E-state index in [0.29, 0.717) is 11.1 Å². The largest absolute Gasteiger partial charge is 0.395 e. The number of aliphatic hydroxyl groups is 4. The van der Waals surface area contributed by atoms with Crippen LogP contribution in [-0.2, 0) is 4.79 Å². The predicted molar refractivity (Wildman–Crippen MR) is 79.4 cm³/mol. The molecule has 5 nitrogen and oxygen atoms in total. The molecule has 0 unspecified atom stereocenters. The average molecular weight is 294 g/mol. The summed E-state index contributed by atoms with van der Waals surface area (Å²) in [4.78, 5) is 12.9. The summed E-state index contributed by atoms with van der Waals surface area (Å²) < 4.78 is 0. The maximum Gasteiger partial charge on any atom is 0.162 e. The van der Waals surface area contributed by atoms with E-state index in [1.54, 1.807) is 12.2 Å². The Labute approximate surface area is 124 Å². The van der Waals surface area contributed by atoms with Crippen molar-refractivity contribution in [1.82, 2.24) is 0 Å². The fourth-order valence-electron chi connectivity index (χ4n) is 2.81. The first-order chi connectivity index (χ1) is 10.0. The summed E-state index contributed by atoms with van der Waals surface area (Å²) in [5.41, 5.74) is -2.06. The maximum atomic E-state index is 12.9. The van der Waals surface area contributed by atoms with E-state index in [4.69, 9.17) is 0 Å². The number of Topliss-reactive ketones (excluding diaryl/α,β-unsaturated/α-hetero) is 1. The summed E-state index contributed by atoms with van der Waals surface area (Å²) in [5, 5.41) is 38.8. The minimum Gasteiger partial charge on any atom is -0.395 e. The van der Waals surface area contributed by atoms with E-state index in [-0.39, 0.29) is 6.42 Å². The van der Waals surface area contributed by atoms with Gasteiger partial charge in [-0.3, -0.25) is 4.79 Å². The predicted octanol–water partition coefficient (Wildman–Crippen LogP) is 0.126. The minimum absolute atomic E-state index is 0.228. The molecule has 21 heavy (non-hydrogen) atoms. The Morgan fingerprint density at radius 3 is 1.43 bits per heavy atom. The van der Waals surface area contributed by atoms with Gasteiger partial charge in [-0.2, -0.15) is 0 Å². The minimum atomic E-state index is -1.53. The molecule has 1 saturated carbocycles. The van der Waals surface area contributed by atoms with Gasteiger partial charge in [0, 0.05) is 0 Å². The fourth-order valence-corrected chi connectivity index (χ4v) is 2.81. The molecule has 0 aliphatic heterocycles. The van der Waals surface area contributed by atoms with Crippen molar-refractivity contribution in [2.24, 2.45) is 10.8 Å². The second-order valence-corrected chi connectivity index (χ2v) is 5.16. The van der Waals surface area contributed by atoms with Gasteiger partial charge in [0.05, 0.1) is 37.3 Å². The van der Waals surface area contributed by atoms with Crippen LogP contribution in [0.4, 0.5) is 0 Å². The van der Waals surface area contributed by atoms with E-state index in [9.17, 15) is 25.2 Å². The number of rotatable bonds is 6. The Bertz CT molecular complexity index is 437. The molecule has 0 atom stereocenters. The topological polar surface area (TPSA) is 98.0 Å². The van der Waals surface area contributed by atoms with Crippen molar-refractivity contribution in [3.05, 3.63) is 48.6 Å². The number of aliphatic hydroxyl groups excluding tert-OH is 4. The van der Waals surface area contributed by atoms with Gasteiger partial charge in [0.1, 0.15) is 0 Å². The molecule has 0 bridgehead atoms. The molecule has 0 aromatic rings. The molecule has 1 aliphatic rings. The number of carbonyl (C=O) groups is 1. The first kappa shape index (κ1) is 17.5. The summed E-state index contributed by atoms with van der Waals surface area (Å²) in [6.07, 6.45) is 6.31. The van der Waals surface area contributed by atoms with Crippen LogP contribution >= 0.6 is 0 Å². The third-order valence-corrected chi connectivity index (χ3v) is 4.20. The van der Waals surface area contributed by atoms with E-state index < -0.39 is 43.0 Å². The second-order valence-electron chi connectivity index (χ2n) is 5.16. The summed E-state index contributed by atoms with van der Waals surface area (Å²) in [7, 11) is 0. The van der Waals surface area contributed by atoms with E-state index in [0.717, 1.165) is 0 Å². The van der Waals surface area contributed by atoms with Crippen LogP contribution in [0.3, 0.4) is 0 Å². The van der Waals surface area contributed by atoms with Crippen LogP contribution in [0, 0.1) is 10.8 Å². The van der Waals surface area contributed by atoms with Crippen molar-refractivity contribution >= 4 is 5.78 Å². The zero-order chi connectivity index (χ0) is 16.1. The Kier molecular flexibility index (Phi) is 5.80. The molecule has 5 heteroatoms. The van der Waals surface area contributed by atoms with Crippen molar-refractivity contribution < 1.29 is 25.2 Å². The highest BCUT2D eigenvalue weighted by Crippen LogP contribution is 2.49. The van der Waals surface area contributed by atoms with Crippen LogP contribution in [0.15, 0.2) is 48.6 Å². The average Bonchev–Trinajstić information content (AvgIpc) is 2.50. The summed E-state index contributed by atoms with van der Waals surface area (Å²) >= 11 is 0. The summed E-state index contributed by atoms with van der Waals surface area (Å²) in [5.74, 6) is -0.600. The molecule has 1 rings (SSSR count). The lowest BCUT2D eigenvalue weighted by atomic mass is 9.57. The summed E-state index contributed by atoms with van der Waals surface area (Å²) in [6.45, 7) is 4.72. The van der Waals surface area contributed by atoms with Crippen LogP contribution in [-0.4, -0.2) is 52.6 Å². The smallest absolute Gasteiger partial charge is 0.162 e. The molecule has 116 valence electrons. The van der Waals surface area contributed by atoms with Gasteiger partial charge in [-0.15, -0.1) is 0 Å². The van der Waals surface area contributed by atoms with Gasteiger partial charge in [0.25, 0.3) is 0 Å². The zero-order valence-corrected chi connectivity index (χ0v) is 12.0. The molecule has 0 spiro atoms. The zero-order valence-electron chi connectivity index (χ0n) is 12.0. The van der Waals surface area contributed by atoms with E-state index >= 15 is 0 Å². The lowest BCUT2D eigenvalue weighted by Gasteiger charge is -2.46. The van der Waals surface area contributed by atoms with Gasteiger partial charge in [-0.25, -0.2) is 0 Å². The van der Waals surface area contributed by atoms with Gasteiger partial charge < -0.3 is 20.4 Å². The van der Waals surface area contributed by atoms with Gasteiger partial charge in [-0.1, -0.05) is 37.5 Å². The number of hydrogen-bond acceptors (Lipinski definition) is 5. The van der Waals surface area contributed by atoms with Gasteiger partial charge in [0.15, 0.2) is 5.78 Å². The number of hydrogen-bond donors (Lipinski definition) is 4. The van der Waals surface area contributed by atoms with Crippen LogP contribution in [0.1, 0.15) is 6.42 Å². The summed E-state index contributed by atoms with van der Waals surface area (Å²) in [6, 6.07) is 0. The van der Waals surface area contributed by atoms with Crippen LogP contribution in [0.2, 0.25) is 0 Å². The van der Waals surface area contributed by atoms with Crippen LogP contribution in [0.5, 0.6) is 0 Å². The van der Waals surface area contributed by atoms with Crippen molar-refractivity contribution in [1.29, 1.82) is 0 Å². The number of carbonyl (C=O) groups excluding carboxylic acids is 1. The molecule has 0 saturated heterocycles. The molecule has 0 aromatic carbocycles. The molecule has 4 N–H and O–H groups in total. The highest BCUT2D eigenvalue weighted by molar-refractivity contribution is 5.98. The first-order valence-electron chi connectivity index (χ1n) is 6.65. The Hall–Kier alpha value is -1.53. The van der Waals surface area contributed by atoms with Crippen LogP contribution < -0.4 is 0 Å². The maximum absolute atomic E-state index is 12.9. The molecule has 0 aromatic heterocycles. The van der Waals surface area contributed by atoms with E-state index in [2.05, 4.69) is 13.2 Å². The number of allylic oxidation sites excluding steroid dienone is 4. The van der Waals surface area contributed by atoms with Gasteiger partial charge in [0.2, 0.25) is 0 Å². The van der Waals surface area contributed by atoms with Crippen molar-refractivity contribution in [2.45, 2.75) is 6.42 Å². The van der Waals surface area contributed by atoms with Gasteiger partial charge >= 0.3 is 0 Å². The standard InChI is InChI=1S/C16H22O5/c1-3-5-12-7-13(6-4-2)16(10-19,11-20)14(21)15(12,8-17)9-18/h3-6,17-20H,1-2,7-11H2. The van der Waals surface area contributed by atoms with E-state index in [1.165, 1.54) is 12.2 Å². The molecule has 0 amide bonds. The molecule has 1 fully saturated rings. The highest BCUT2D eigenvalue weighted by atomic mass is 16.3. The third-order valence-electron chi connectivity index (χ3n) is 4.20. The molecular formula is C16H22O5. The van der Waals surface area contributed by atoms with Crippen LogP contribution in [0.25, 0.3) is 0 Å². The lowest BCUT2D eigenvalue weighted by Crippen LogP contribution is -2.56. The molecule has 0 radical (unpaired) electrons. The Morgan fingerprint density at radius 2 is 1.19 bits per heavy atom. The Balaban J connectivity index is 3.60. The lowest BCUT2D eigenvalue weighted by molar-refractivity contribution is -0.146. The second kappa shape index (κ2) is 6.95. The third kappa shape index (κ3) is 2.53. The quantitative estimate of drug-likeness (QED) is 0.558.